The summed E-state index contributed by atoms with van der Waals surface area (Å²) in [4.78, 5) is 0. The van der Waals surface area contributed by atoms with E-state index < -0.39 is 14.5 Å². The second kappa shape index (κ2) is 14.4. The summed E-state index contributed by atoms with van der Waals surface area (Å²) in [6.45, 7) is 5.48. The minimum absolute atomic E-state index is 0.694. The molecular formula is C12H16B2F4N3+. The van der Waals surface area contributed by atoms with Crippen LogP contribution in [0, 0.1) is 29.4 Å². The standard InChI is InChI=1S/C10H16N.2CBF2N/c1-3-4-7-11-8-5-10(2)6-9-11;2*3-2(4)1-5/h5-6,8-9H,3-4,7H2,1-2H3;;/q+1;;. The lowest BCUT2D eigenvalue weighted by atomic mass is 10.1. The smallest absolute Gasteiger partial charge is 0.272 e. The zero-order valence-corrected chi connectivity index (χ0v) is 11.9. The number of aromatic nitrogens is 1. The number of halogens is 4. The molecule has 0 aromatic carbocycles. The Labute approximate surface area is 123 Å². The average molecular weight is 300 g/mol. The highest BCUT2D eigenvalue weighted by Crippen LogP contribution is 1.91. The molecule has 21 heavy (non-hydrogen) atoms. The molecule has 112 valence electrons. The molecule has 0 N–H and O–H groups in total. The van der Waals surface area contributed by atoms with Crippen LogP contribution in [0.5, 0.6) is 0 Å². The number of aryl methyl sites for hydroxylation is 2. The molecule has 0 aliphatic rings. The van der Waals surface area contributed by atoms with Gasteiger partial charge in [-0.2, -0.15) is 0 Å². The summed E-state index contributed by atoms with van der Waals surface area (Å²) in [7, 11) is -5.62. The first-order valence-electron chi connectivity index (χ1n) is 6.18. The first-order valence-corrected chi connectivity index (χ1v) is 6.18. The van der Waals surface area contributed by atoms with Gasteiger partial charge in [-0.1, -0.05) is 13.3 Å². The molecule has 0 amide bonds. The topological polar surface area (TPSA) is 51.5 Å². The van der Waals surface area contributed by atoms with Crippen molar-refractivity contribution in [3.05, 3.63) is 30.1 Å². The third kappa shape index (κ3) is 18.0. The summed E-state index contributed by atoms with van der Waals surface area (Å²) in [5.41, 5.74) is 1.33. The zero-order valence-electron chi connectivity index (χ0n) is 11.9. The van der Waals surface area contributed by atoms with Crippen molar-refractivity contribution >= 4 is 14.5 Å². The fourth-order valence-electron chi connectivity index (χ4n) is 1.02. The van der Waals surface area contributed by atoms with Crippen molar-refractivity contribution in [2.45, 2.75) is 33.2 Å². The Morgan fingerprint density at radius 3 is 1.71 bits per heavy atom. The van der Waals surface area contributed by atoms with Gasteiger partial charge in [0.05, 0.1) is 11.9 Å². The van der Waals surface area contributed by atoms with Crippen molar-refractivity contribution in [1.82, 2.24) is 0 Å². The quantitative estimate of drug-likeness (QED) is 0.489. The van der Waals surface area contributed by atoms with Crippen molar-refractivity contribution < 1.29 is 21.8 Å². The van der Waals surface area contributed by atoms with Crippen LogP contribution in [0.25, 0.3) is 0 Å². The maximum atomic E-state index is 10.4. The first-order chi connectivity index (χ1) is 9.87. The molecule has 3 nitrogen and oxygen atoms in total. The average Bonchev–Trinajstić information content (AvgIpc) is 2.48. The number of nitrogens with zero attached hydrogens (tertiary/aromatic N) is 3. The van der Waals surface area contributed by atoms with Gasteiger partial charge in [-0.3, -0.25) is 17.3 Å². The highest BCUT2D eigenvalue weighted by atomic mass is 19.2. The van der Waals surface area contributed by atoms with E-state index in [9.17, 15) is 17.3 Å². The molecule has 0 spiro atoms. The van der Waals surface area contributed by atoms with Gasteiger partial charge < -0.3 is 0 Å². The van der Waals surface area contributed by atoms with E-state index >= 15 is 0 Å². The van der Waals surface area contributed by atoms with Crippen molar-refractivity contribution in [3.63, 3.8) is 0 Å². The second-order valence-corrected chi connectivity index (χ2v) is 3.83. The van der Waals surface area contributed by atoms with Gasteiger partial charge in [0.15, 0.2) is 12.4 Å². The van der Waals surface area contributed by atoms with Gasteiger partial charge >= 0.3 is 14.5 Å². The number of unbranched alkanes of at least 4 members (excludes halogenated alkanes) is 1. The molecule has 0 aliphatic heterocycles. The highest BCUT2D eigenvalue weighted by Gasteiger charge is 2.07. The van der Waals surface area contributed by atoms with Crippen LogP contribution in [0.3, 0.4) is 0 Å². The number of pyridine rings is 1. The molecule has 0 saturated carbocycles. The van der Waals surface area contributed by atoms with Crippen LogP contribution in [0.2, 0.25) is 0 Å². The van der Waals surface area contributed by atoms with Gasteiger partial charge in [-0.15, -0.1) is 0 Å². The first kappa shape index (κ1) is 21.3. The predicted molar refractivity (Wildman–Crippen MR) is 73.4 cm³/mol. The van der Waals surface area contributed by atoms with E-state index in [2.05, 4.69) is 42.9 Å². The molecule has 0 bridgehead atoms. The molecule has 1 rings (SSSR count). The Bertz CT molecular complexity index is 423. The maximum absolute atomic E-state index is 10.4. The monoisotopic (exact) mass is 300 g/mol. The molecule has 0 radical (unpaired) electrons. The Kier molecular flexibility index (Phi) is 14.6. The van der Waals surface area contributed by atoms with Crippen LogP contribution in [0.15, 0.2) is 24.5 Å². The molecular weight excluding hydrogens is 284 g/mol. The van der Waals surface area contributed by atoms with E-state index in [1.54, 1.807) is 0 Å². The van der Waals surface area contributed by atoms with E-state index in [-0.39, 0.29) is 0 Å². The van der Waals surface area contributed by atoms with Crippen molar-refractivity contribution in [2.75, 3.05) is 0 Å². The van der Waals surface area contributed by atoms with Crippen LogP contribution in [0.4, 0.5) is 17.3 Å². The van der Waals surface area contributed by atoms with E-state index in [1.807, 2.05) is 0 Å². The molecule has 0 saturated heterocycles. The summed E-state index contributed by atoms with van der Waals surface area (Å²) in [5, 5.41) is 14.3. The molecule has 1 aromatic rings. The fraction of sp³-hybridized carbons (Fsp3) is 0.417. The lowest BCUT2D eigenvalue weighted by molar-refractivity contribution is -0.697. The molecule has 0 aliphatic carbocycles. The van der Waals surface area contributed by atoms with Crippen LogP contribution < -0.4 is 4.57 Å². The Morgan fingerprint density at radius 1 is 1.05 bits per heavy atom. The van der Waals surface area contributed by atoms with Crippen molar-refractivity contribution in [2.24, 2.45) is 0 Å². The van der Waals surface area contributed by atoms with Gasteiger partial charge in [0.2, 0.25) is 0 Å². The number of nitriles is 2. The van der Waals surface area contributed by atoms with E-state index in [0.717, 1.165) is 6.54 Å². The summed E-state index contributed by atoms with van der Waals surface area (Å²) in [6.07, 6.45) is 6.82. The van der Waals surface area contributed by atoms with Crippen molar-refractivity contribution in [3.8, 4) is 11.9 Å². The lowest BCUT2D eigenvalue weighted by Gasteiger charge is -1.94. The van der Waals surface area contributed by atoms with Gasteiger partial charge in [0.1, 0.15) is 6.54 Å². The van der Waals surface area contributed by atoms with Crippen LogP contribution >= 0.6 is 0 Å². The van der Waals surface area contributed by atoms with Gasteiger partial charge in [0, 0.05) is 18.6 Å². The lowest BCUT2D eigenvalue weighted by Crippen LogP contribution is -2.32. The third-order valence-electron chi connectivity index (χ3n) is 2.02. The predicted octanol–water partition coefficient (Wildman–Crippen LogP) is 3.04. The van der Waals surface area contributed by atoms with Gasteiger partial charge in [-0.25, -0.2) is 15.1 Å². The van der Waals surface area contributed by atoms with Gasteiger partial charge in [0.25, 0.3) is 0 Å². The zero-order chi connectivity index (χ0) is 16.7. The highest BCUT2D eigenvalue weighted by molar-refractivity contribution is 6.52. The Balaban J connectivity index is 0. The van der Waals surface area contributed by atoms with Crippen molar-refractivity contribution in [1.29, 1.82) is 10.5 Å². The summed E-state index contributed by atoms with van der Waals surface area (Å²) >= 11 is 0. The molecule has 9 heteroatoms. The maximum Gasteiger partial charge on any atom is 0.655 e. The van der Waals surface area contributed by atoms with E-state index in [4.69, 9.17) is 10.5 Å². The normalized spacial score (nSPS) is 8.00. The molecule has 0 fully saturated rings. The van der Waals surface area contributed by atoms with Gasteiger partial charge in [-0.05, 0) is 12.5 Å². The minimum atomic E-state index is -2.81. The molecule has 1 heterocycles. The van der Waals surface area contributed by atoms with Crippen LogP contribution in [-0.2, 0) is 6.54 Å². The molecule has 0 unspecified atom stereocenters. The Morgan fingerprint density at radius 2 is 1.43 bits per heavy atom. The van der Waals surface area contributed by atoms with E-state index in [0.29, 0.717) is 11.9 Å². The number of rotatable bonds is 3. The SMILES string of the molecule is CCCC[n+]1ccc(C)cc1.N#CB(F)F.N#CB(F)F. The summed E-state index contributed by atoms with van der Waals surface area (Å²) in [6, 6.07) is 4.30. The molecule has 1 aromatic heterocycles. The minimum Gasteiger partial charge on any atom is -0.272 e. The Hall–Kier alpha value is -2.02. The van der Waals surface area contributed by atoms with Crippen LogP contribution in [-0.4, -0.2) is 14.5 Å². The van der Waals surface area contributed by atoms with Crippen LogP contribution in [0.1, 0.15) is 25.3 Å². The largest absolute Gasteiger partial charge is 0.655 e. The third-order valence-corrected chi connectivity index (χ3v) is 2.02. The summed E-state index contributed by atoms with van der Waals surface area (Å²) < 4.78 is 43.8. The fourth-order valence-corrected chi connectivity index (χ4v) is 1.02. The summed E-state index contributed by atoms with van der Waals surface area (Å²) in [5.74, 6) is 1.39. The number of hydrogen-bond donors (Lipinski definition) is 0. The molecule has 0 atom stereocenters. The number of hydrogen-bond acceptors (Lipinski definition) is 2. The second-order valence-electron chi connectivity index (χ2n) is 3.83. The van der Waals surface area contributed by atoms with E-state index in [1.165, 1.54) is 18.4 Å².